The Morgan fingerprint density at radius 2 is 2.19 bits per heavy atom. The van der Waals surface area contributed by atoms with Crippen LogP contribution in [-0.2, 0) is 16.0 Å². The molecule has 0 aliphatic carbocycles. The van der Waals surface area contributed by atoms with Crippen LogP contribution in [0.5, 0.6) is 0 Å². The summed E-state index contributed by atoms with van der Waals surface area (Å²) in [6, 6.07) is 6.26. The van der Waals surface area contributed by atoms with Crippen LogP contribution in [0.4, 0.5) is 10.1 Å². The van der Waals surface area contributed by atoms with Gasteiger partial charge in [0.2, 0.25) is 5.91 Å². The Balaban J connectivity index is 1.57. The summed E-state index contributed by atoms with van der Waals surface area (Å²) in [6.07, 6.45) is 0.773. The lowest BCUT2D eigenvalue weighted by atomic mass is 10.0. The van der Waals surface area contributed by atoms with Gasteiger partial charge in [0.05, 0.1) is 18.3 Å². The molecule has 3 rings (SSSR count). The van der Waals surface area contributed by atoms with Crippen LogP contribution in [0.2, 0.25) is 0 Å². The summed E-state index contributed by atoms with van der Waals surface area (Å²) in [5.41, 5.74) is 2.19. The molecule has 1 N–H and O–H groups in total. The molecule has 1 aromatic carbocycles. The third kappa shape index (κ3) is 4.47. The summed E-state index contributed by atoms with van der Waals surface area (Å²) >= 11 is 0. The maximum Gasteiger partial charge on any atom is 0.238 e. The number of nitrogens with one attached hydrogen (secondary N) is 1. The minimum absolute atomic E-state index is 0.0424. The molecular formula is C19H24FN3O3. The van der Waals surface area contributed by atoms with Crippen molar-refractivity contribution in [2.45, 2.75) is 26.4 Å². The average molecular weight is 361 g/mol. The molecule has 26 heavy (non-hydrogen) atoms. The van der Waals surface area contributed by atoms with Gasteiger partial charge in [-0.15, -0.1) is 0 Å². The van der Waals surface area contributed by atoms with E-state index in [9.17, 15) is 9.18 Å². The zero-order valence-electron chi connectivity index (χ0n) is 15.3. The second-order valence-electron chi connectivity index (χ2n) is 6.87. The Bertz CT molecular complexity index is 777. The van der Waals surface area contributed by atoms with Gasteiger partial charge >= 0.3 is 0 Å². The van der Waals surface area contributed by atoms with Gasteiger partial charge in [-0.1, -0.05) is 5.16 Å². The number of methoxy groups -OCH3 is 1. The highest BCUT2D eigenvalue weighted by molar-refractivity contribution is 5.92. The van der Waals surface area contributed by atoms with Crippen LogP contribution in [0.3, 0.4) is 0 Å². The molecule has 0 spiro atoms. The molecule has 1 aliphatic heterocycles. The number of rotatable bonds is 6. The molecule has 0 radical (unpaired) electrons. The average Bonchev–Trinajstić information content (AvgIpc) is 3.16. The zero-order chi connectivity index (χ0) is 18.7. The van der Waals surface area contributed by atoms with Gasteiger partial charge in [0.25, 0.3) is 0 Å². The standard InChI is InChI=1S/C19H24FN3O3/c1-12-6-15(20)4-5-17(12)21-19(24)11-23-9-14(18(10-23)25-3)8-16-7-13(2)22-26-16/h4-7,14,18H,8-11H2,1-3H3,(H,21,24)/t14-,18+/m1/s1. The van der Waals surface area contributed by atoms with Crippen LogP contribution in [0, 0.1) is 25.6 Å². The highest BCUT2D eigenvalue weighted by Crippen LogP contribution is 2.24. The van der Waals surface area contributed by atoms with E-state index in [1.54, 1.807) is 20.1 Å². The minimum atomic E-state index is -0.312. The van der Waals surface area contributed by atoms with E-state index >= 15 is 0 Å². The fourth-order valence-electron chi connectivity index (χ4n) is 3.45. The number of anilines is 1. The molecule has 2 atom stereocenters. The van der Waals surface area contributed by atoms with Crippen molar-refractivity contribution in [3.63, 3.8) is 0 Å². The van der Waals surface area contributed by atoms with Gasteiger partial charge in [-0.2, -0.15) is 0 Å². The van der Waals surface area contributed by atoms with Gasteiger partial charge < -0.3 is 14.6 Å². The molecule has 2 heterocycles. The van der Waals surface area contributed by atoms with E-state index in [0.717, 1.165) is 24.4 Å². The summed E-state index contributed by atoms with van der Waals surface area (Å²) in [5, 5.41) is 6.77. The molecule has 1 aromatic heterocycles. The van der Waals surface area contributed by atoms with E-state index in [0.29, 0.717) is 17.8 Å². The predicted octanol–water partition coefficient (Wildman–Crippen LogP) is 2.56. The Morgan fingerprint density at radius 1 is 1.38 bits per heavy atom. The summed E-state index contributed by atoms with van der Waals surface area (Å²) in [5.74, 6) is 0.648. The van der Waals surface area contributed by atoms with Crippen molar-refractivity contribution in [3.05, 3.63) is 47.1 Å². The maximum absolute atomic E-state index is 13.2. The van der Waals surface area contributed by atoms with Crippen molar-refractivity contribution < 1.29 is 18.4 Å². The Morgan fingerprint density at radius 3 is 2.85 bits per heavy atom. The molecule has 1 aliphatic rings. The number of halogens is 1. The summed E-state index contributed by atoms with van der Waals surface area (Å²) in [7, 11) is 1.69. The number of carbonyl (C=O) groups excluding carboxylic acids is 1. The zero-order valence-corrected chi connectivity index (χ0v) is 15.3. The summed E-state index contributed by atoms with van der Waals surface area (Å²) < 4.78 is 24.1. The predicted molar refractivity (Wildman–Crippen MR) is 95.4 cm³/mol. The smallest absolute Gasteiger partial charge is 0.238 e. The van der Waals surface area contributed by atoms with Gasteiger partial charge in [0.15, 0.2) is 0 Å². The number of nitrogens with zero attached hydrogens (tertiary/aromatic N) is 2. The van der Waals surface area contributed by atoms with Gasteiger partial charge in [-0.25, -0.2) is 4.39 Å². The fraction of sp³-hybridized carbons (Fsp3) is 0.474. The number of likely N-dealkylation sites (tertiary alicyclic amines) is 1. The van der Waals surface area contributed by atoms with Crippen LogP contribution in [-0.4, -0.2) is 48.8 Å². The lowest BCUT2D eigenvalue weighted by Crippen LogP contribution is -2.32. The number of ether oxygens (including phenoxy) is 1. The molecule has 2 aromatic rings. The molecule has 140 valence electrons. The number of amides is 1. The van der Waals surface area contributed by atoms with Crippen LogP contribution < -0.4 is 5.32 Å². The Labute approximate surface area is 152 Å². The van der Waals surface area contributed by atoms with Gasteiger partial charge in [0, 0.05) is 44.3 Å². The van der Waals surface area contributed by atoms with Gasteiger partial charge in [-0.3, -0.25) is 9.69 Å². The monoisotopic (exact) mass is 361 g/mol. The number of aryl methyl sites for hydroxylation is 2. The number of aromatic nitrogens is 1. The van der Waals surface area contributed by atoms with Crippen molar-refractivity contribution in [1.82, 2.24) is 10.1 Å². The molecule has 6 nitrogen and oxygen atoms in total. The fourth-order valence-corrected chi connectivity index (χ4v) is 3.45. The van der Waals surface area contributed by atoms with E-state index in [1.807, 2.05) is 13.0 Å². The molecule has 0 unspecified atom stereocenters. The first-order valence-corrected chi connectivity index (χ1v) is 8.68. The molecule has 1 amide bonds. The molecule has 1 saturated heterocycles. The van der Waals surface area contributed by atoms with Crippen LogP contribution in [0.1, 0.15) is 17.0 Å². The molecule has 7 heteroatoms. The lowest BCUT2D eigenvalue weighted by Gasteiger charge is -2.16. The Kier molecular flexibility index (Phi) is 5.68. The maximum atomic E-state index is 13.2. The number of hydrogen-bond donors (Lipinski definition) is 1. The summed E-state index contributed by atoms with van der Waals surface area (Å²) in [4.78, 5) is 14.4. The first kappa shape index (κ1) is 18.5. The van der Waals surface area contributed by atoms with Crippen molar-refractivity contribution >= 4 is 11.6 Å². The first-order valence-electron chi connectivity index (χ1n) is 8.68. The third-order valence-electron chi connectivity index (χ3n) is 4.73. The van der Waals surface area contributed by atoms with E-state index in [4.69, 9.17) is 9.26 Å². The van der Waals surface area contributed by atoms with E-state index in [1.165, 1.54) is 12.1 Å². The number of benzene rings is 1. The molecular weight excluding hydrogens is 337 g/mol. The first-order chi connectivity index (χ1) is 12.4. The number of carbonyl (C=O) groups is 1. The molecule has 0 bridgehead atoms. The topological polar surface area (TPSA) is 67.6 Å². The van der Waals surface area contributed by atoms with Crippen molar-refractivity contribution in [2.24, 2.45) is 5.92 Å². The van der Waals surface area contributed by atoms with E-state index < -0.39 is 0 Å². The lowest BCUT2D eigenvalue weighted by molar-refractivity contribution is -0.117. The quantitative estimate of drug-likeness (QED) is 0.856. The minimum Gasteiger partial charge on any atom is -0.380 e. The van der Waals surface area contributed by atoms with Crippen molar-refractivity contribution in [3.8, 4) is 0 Å². The SMILES string of the molecule is CO[C@H]1CN(CC(=O)Nc2ccc(F)cc2C)C[C@H]1Cc1cc(C)no1. The van der Waals surface area contributed by atoms with Gasteiger partial charge in [0.1, 0.15) is 11.6 Å². The highest BCUT2D eigenvalue weighted by Gasteiger charge is 2.34. The molecule has 1 fully saturated rings. The van der Waals surface area contributed by atoms with E-state index in [2.05, 4.69) is 15.4 Å². The number of hydrogen-bond acceptors (Lipinski definition) is 5. The third-order valence-corrected chi connectivity index (χ3v) is 4.73. The van der Waals surface area contributed by atoms with Gasteiger partial charge in [-0.05, 0) is 37.6 Å². The summed E-state index contributed by atoms with van der Waals surface area (Å²) in [6.45, 7) is 5.36. The van der Waals surface area contributed by atoms with Crippen molar-refractivity contribution in [1.29, 1.82) is 0 Å². The second kappa shape index (κ2) is 7.97. The van der Waals surface area contributed by atoms with Crippen LogP contribution in [0.25, 0.3) is 0 Å². The van der Waals surface area contributed by atoms with Crippen LogP contribution in [0.15, 0.2) is 28.8 Å². The normalized spacial score (nSPS) is 20.5. The van der Waals surface area contributed by atoms with Crippen LogP contribution >= 0.6 is 0 Å². The van der Waals surface area contributed by atoms with Crippen molar-refractivity contribution in [2.75, 3.05) is 32.1 Å². The Hall–Kier alpha value is -2.25. The van der Waals surface area contributed by atoms with E-state index in [-0.39, 0.29) is 30.3 Å². The second-order valence-corrected chi connectivity index (χ2v) is 6.87. The largest absolute Gasteiger partial charge is 0.380 e. The highest BCUT2D eigenvalue weighted by atomic mass is 19.1. The molecule has 0 saturated carbocycles.